The Bertz CT molecular complexity index is 503. The van der Waals surface area contributed by atoms with Crippen LogP contribution in [-0.4, -0.2) is 11.6 Å². The monoisotopic (exact) mass is 259 g/mol. The number of rotatable bonds is 6. The van der Waals surface area contributed by atoms with Crippen LogP contribution < -0.4 is 4.74 Å². The lowest BCUT2D eigenvalue weighted by Gasteiger charge is -2.03. The van der Waals surface area contributed by atoms with E-state index in [0.29, 0.717) is 24.9 Å². The van der Waals surface area contributed by atoms with Crippen molar-refractivity contribution in [3.05, 3.63) is 47.5 Å². The van der Waals surface area contributed by atoms with Gasteiger partial charge in [0.2, 0.25) is 5.89 Å². The van der Waals surface area contributed by atoms with E-state index in [1.54, 1.807) is 0 Å². The zero-order valence-electron chi connectivity index (χ0n) is 11.8. The van der Waals surface area contributed by atoms with E-state index in [4.69, 9.17) is 9.15 Å². The van der Waals surface area contributed by atoms with E-state index in [2.05, 4.69) is 31.0 Å². The molecule has 2 rings (SSSR count). The Morgan fingerprint density at radius 3 is 2.58 bits per heavy atom. The van der Waals surface area contributed by atoms with Gasteiger partial charge in [-0.1, -0.05) is 44.2 Å². The summed E-state index contributed by atoms with van der Waals surface area (Å²) in [4.78, 5) is 4.57. The number of nitrogens with zero attached hydrogens (tertiary/aromatic N) is 1. The zero-order valence-corrected chi connectivity index (χ0v) is 11.8. The molecule has 0 atom stereocenters. The fourth-order valence-corrected chi connectivity index (χ4v) is 1.99. The highest BCUT2D eigenvalue weighted by atomic mass is 16.6. The van der Waals surface area contributed by atoms with Crippen molar-refractivity contribution < 1.29 is 9.15 Å². The molecule has 1 aromatic heterocycles. The molecular formula is C16H21NO2. The van der Waals surface area contributed by atoms with Crippen molar-refractivity contribution in [3.63, 3.8) is 0 Å². The molecule has 0 unspecified atom stereocenters. The predicted octanol–water partition coefficient (Wildman–Crippen LogP) is 3.86. The first-order valence-corrected chi connectivity index (χ1v) is 6.84. The van der Waals surface area contributed by atoms with Gasteiger partial charge in [0.15, 0.2) is 0 Å². The van der Waals surface area contributed by atoms with Gasteiger partial charge >= 0.3 is 5.95 Å². The highest BCUT2D eigenvalue weighted by molar-refractivity contribution is 5.22. The molecule has 0 amide bonds. The van der Waals surface area contributed by atoms with Gasteiger partial charge in [0, 0.05) is 6.42 Å². The van der Waals surface area contributed by atoms with Gasteiger partial charge in [0.1, 0.15) is 5.69 Å². The van der Waals surface area contributed by atoms with Crippen LogP contribution in [0.1, 0.15) is 37.9 Å². The van der Waals surface area contributed by atoms with Crippen LogP contribution >= 0.6 is 0 Å². The van der Waals surface area contributed by atoms with Crippen molar-refractivity contribution in [1.82, 2.24) is 4.98 Å². The Morgan fingerprint density at radius 2 is 1.95 bits per heavy atom. The summed E-state index contributed by atoms with van der Waals surface area (Å²) in [7, 11) is 0. The second kappa shape index (κ2) is 6.41. The van der Waals surface area contributed by atoms with Crippen LogP contribution in [-0.2, 0) is 12.8 Å². The summed E-state index contributed by atoms with van der Waals surface area (Å²) in [6, 6.07) is 10.2. The van der Waals surface area contributed by atoms with Crippen LogP contribution in [0.25, 0.3) is 0 Å². The fourth-order valence-electron chi connectivity index (χ4n) is 1.99. The van der Waals surface area contributed by atoms with Crippen LogP contribution in [0.2, 0.25) is 0 Å². The minimum Gasteiger partial charge on any atom is -0.464 e. The van der Waals surface area contributed by atoms with Gasteiger partial charge < -0.3 is 9.15 Å². The average Bonchev–Trinajstić information content (AvgIpc) is 2.72. The first-order chi connectivity index (χ1) is 9.19. The molecule has 19 heavy (non-hydrogen) atoms. The van der Waals surface area contributed by atoms with Crippen LogP contribution in [0.15, 0.2) is 34.7 Å². The lowest BCUT2D eigenvalue weighted by molar-refractivity contribution is 0.247. The van der Waals surface area contributed by atoms with E-state index in [9.17, 15) is 0 Å². The van der Waals surface area contributed by atoms with Gasteiger partial charge in [-0.05, 0) is 24.8 Å². The lowest BCUT2D eigenvalue weighted by atomic mass is 10.1. The van der Waals surface area contributed by atoms with Crippen LogP contribution in [0, 0.1) is 5.92 Å². The van der Waals surface area contributed by atoms with Crippen molar-refractivity contribution in [1.29, 1.82) is 0 Å². The van der Waals surface area contributed by atoms with Gasteiger partial charge in [0.25, 0.3) is 0 Å². The maximum Gasteiger partial charge on any atom is 0.308 e. The van der Waals surface area contributed by atoms with Crippen molar-refractivity contribution >= 4 is 0 Å². The van der Waals surface area contributed by atoms with E-state index in [1.165, 1.54) is 5.56 Å². The highest BCUT2D eigenvalue weighted by Crippen LogP contribution is 2.24. The first kappa shape index (κ1) is 13.7. The molecule has 0 saturated carbocycles. The molecule has 0 spiro atoms. The quantitative estimate of drug-likeness (QED) is 0.790. The Balaban J connectivity index is 2.17. The standard InChI is InChI=1S/C16H21NO2/c1-4-18-16-14(10-12(2)3)17-15(19-16)11-13-8-6-5-7-9-13/h5-9,12H,4,10-11H2,1-3H3. The smallest absolute Gasteiger partial charge is 0.308 e. The minimum atomic E-state index is 0.536. The van der Waals surface area contributed by atoms with Crippen molar-refractivity contribution in [2.45, 2.75) is 33.6 Å². The van der Waals surface area contributed by atoms with Gasteiger partial charge in [0.05, 0.1) is 6.61 Å². The number of ether oxygens (including phenoxy) is 1. The molecular weight excluding hydrogens is 238 g/mol. The lowest BCUT2D eigenvalue weighted by Crippen LogP contribution is -1.99. The maximum absolute atomic E-state index is 5.73. The Morgan fingerprint density at radius 1 is 1.21 bits per heavy atom. The van der Waals surface area contributed by atoms with Crippen molar-refractivity contribution in [2.24, 2.45) is 5.92 Å². The molecule has 0 N–H and O–H groups in total. The molecule has 2 aromatic rings. The molecule has 1 aromatic carbocycles. The Labute approximate surface area is 114 Å². The van der Waals surface area contributed by atoms with Crippen LogP contribution in [0.5, 0.6) is 5.95 Å². The Kier molecular flexibility index (Phi) is 4.61. The SMILES string of the molecule is CCOc1oc(Cc2ccccc2)nc1CC(C)C. The van der Waals surface area contributed by atoms with Crippen LogP contribution in [0.3, 0.4) is 0 Å². The zero-order chi connectivity index (χ0) is 13.7. The van der Waals surface area contributed by atoms with Gasteiger partial charge in [-0.2, -0.15) is 0 Å². The minimum absolute atomic E-state index is 0.536. The third-order valence-corrected chi connectivity index (χ3v) is 2.78. The van der Waals surface area contributed by atoms with E-state index in [1.807, 2.05) is 25.1 Å². The molecule has 0 bridgehead atoms. The molecule has 1 heterocycles. The first-order valence-electron chi connectivity index (χ1n) is 6.84. The summed E-state index contributed by atoms with van der Waals surface area (Å²) in [6.45, 7) is 6.89. The second-order valence-corrected chi connectivity index (χ2v) is 5.04. The summed E-state index contributed by atoms with van der Waals surface area (Å²) in [5.41, 5.74) is 2.13. The number of benzene rings is 1. The number of hydrogen-bond donors (Lipinski definition) is 0. The predicted molar refractivity (Wildman–Crippen MR) is 75.5 cm³/mol. The summed E-state index contributed by atoms with van der Waals surface area (Å²) in [6.07, 6.45) is 1.59. The summed E-state index contributed by atoms with van der Waals surface area (Å²) in [5, 5.41) is 0. The largest absolute Gasteiger partial charge is 0.464 e. The third kappa shape index (κ3) is 3.85. The number of aromatic nitrogens is 1. The third-order valence-electron chi connectivity index (χ3n) is 2.78. The highest BCUT2D eigenvalue weighted by Gasteiger charge is 2.15. The Hall–Kier alpha value is -1.77. The molecule has 0 aliphatic carbocycles. The normalized spacial score (nSPS) is 10.9. The molecule has 102 valence electrons. The second-order valence-electron chi connectivity index (χ2n) is 5.04. The molecule has 3 nitrogen and oxygen atoms in total. The van der Waals surface area contributed by atoms with E-state index < -0.39 is 0 Å². The summed E-state index contributed by atoms with van der Waals surface area (Å²) < 4.78 is 11.3. The molecule has 0 fully saturated rings. The summed E-state index contributed by atoms with van der Waals surface area (Å²) >= 11 is 0. The van der Waals surface area contributed by atoms with E-state index >= 15 is 0 Å². The maximum atomic E-state index is 5.73. The van der Waals surface area contributed by atoms with Gasteiger partial charge in [-0.25, -0.2) is 4.98 Å². The molecule has 0 aliphatic heterocycles. The van der Waals surface area contributed by atoms with Crippen molar-refractivity contribution in [3.8, 4) is 5.95 Å². The molecule has 0 radical (unpaired) electrons. The fraction of sp³-hybridized carbons (Fsp3) is 0.438. The summed E-state index contributed by atoms with van der Waals surface area (Å²) in [5.74, 6) is 1.85. The topological polar surface area (TPSA) is 35.3 Å². The molecule has 0 saturated heterocycles. The van der Waals surface area contributed by atoms with E-state index in [-0.39, 0.29) is 0 Å². The van der Waals surface area contributed by atoms with E-state index in [0.717, 1.165) is 18.0 Å². The number of hydrogen-bond acceptors (Lipinski definition) is 3. The molecule has 3 heteroatoms. The number of oxazole rings is 1. The van der Waals surface area contributed by atoms with Gasteiger partial charge in [-0.3, -0.25) is 0 Å². The molecule has 0 aliphatic rings. The van der Waals surface area contributed by atoms with Crippen molar-refractivity contribution in [2.75, 3.05) is 6.61 Å². The van der Waals surface area contributed by atoms with Crippen LogP contribution in [0.4, 0.5) is 0 Å². The van der Waals surface area contributed by atoms with Gasteiger partial charge in [-0.15, -0.1) is 0 Å². The average molecular weight is 259 g/mol.